The first-order valence-electron chi connectivity index (χ1n) is 5.90. The Morgan fingerprint density at radius 2 is 2.18 bits per heavy atom. The predicted molar refractivity (Wildman–Crippen MR) is 70.4 cm³/mol. The van der Waals surface area contributed by atoms with Gasteiger partial charge >= 0.3 is 0 Å². The standard InChI is InChI=1S/C13H17NO2S/c1-10-5-6-12-11(9-10)14-13(16-12)17-8-4-2-3-7-15/h5-6,9,15H,2-4,7-8H2,1H3. The first kappa shape index (κ1) is 12.5. The number of aliphatic hydroxyl groups excluding tert-OH is 1. The Bertz CT molecular complexity index is 481. The molecule has 17 heavy (non-hydrogen) atoms. The third-order valence-electron chi connectivity index (χ3n) is 2.55. The van der Waals surface area contributed by atoms with Crippen LogP contribution in [0.25, 0.3) is 11.1 Å². The zero-order chi connectivity index (χ0) is 12.1. The van der Waals surface area contributed by atoms with E-state index in [1.165, 1.54) is 5.56 Å². The van der Waals surface area contributed by atoms with Crippen molar-refractivity contribution in [2.24, 2.45) is 0 Å². The predicted octanol–water partition coefficient (Wildman–Crippen LogP) is 3.39. The smallest absolute Gasteiger partial charge is 0.256 e. The second-order valence-electron chi connectivity index (χ2n) is 4.08. The molecule has 0 aliphatic rings. The lowest BCUT2D eigenvalue weighted by Crippen LogP contribution is -1.85. The topological polar surface area (TPSA) is 46.3 Å². The maximum Gasteiger partial charge on any atom is 0.256 e. The van der Waals surface area contributed by atoms with E-state index in [0.717, 1.165) is 41.3 Å². The van der Waals surface area contributed by atoms with Crippen LogP contribution in [0.15, 0.2) is 27.8 Å². The summed E-state index contributed by atoms with van der Waals surface area (Å²) in [5, 5.41) is 9.41. The number of aromatic nitrogens is 1. The van der Waals surface area contributed by atoms with Gasteiger partial charge in [-0.05, 0) is 37.5 Å². The molecule has 1 heterocycles. The Morgan fingerprint density at radius 3 is 3.00 bits per heavy atom. The minimum atomic E-state index is 0.285. The summed E-state index contributed by atoms with van der Waals surface area (Å²) >= 11 is 1.64. The molecule has 0 bridgehead atoms. The summed E-state index contributed by atoms with van der Waals surface area (Å²) in [4.78, 5) is 4.44. The highest BCUT2D eigenvalue weighted by Crippen LogP contribution is 2.24. The number of nitrogens with zero attached hydrogens (tertiary/aromatic N) is 1. The van der Waals surface area contributed by atoms with E-state index >= 15 is 0 Å². The van der Waals surface area contributed by atoms with Crippen LogP contribution in [0.1, 0.15) is 24.8 Å². The van der Waals surface area contributed by atoms with Crippen molar-refractivity contribution < 1.29 is 9.52 Å². The van der Waals surface area contributed by atoms with Crippen molar-refractivity contribution in [3.63, 3.8) is 0 Å². The molecule has 0 aliphatic carbocycles. The van der Waals surface area contributed by atoms with E-state index in [1.54, 1.807) is 11.8 Å². The average molecular weight is 251 g/mol. The number of thioether (sulfide) groups is 1. The summed E-state index contributed by atoms with van der Waals surface area (Å²) < 4.78 is 5.63. The van der Waals surface area contributed by atoms with Gasteiger partial charge in [0.15, 0.2) is 5.58 Å². The lowest BCUT2D eigenvalue weighted by molar-refractivity contribution is 0.284. The zero-order valence-corrected chi connectivity index (χ0v) is 10.8. The largest absolute Gasteiger partial charge is 0.431 e. The molecular formula is C13H17NO2S. The van der Waals surface area contributed by atoms with Gasteiger partial charge in [0.2, 0.25) is 0 Å². The highest BCUT2D eigenvalue weighted by Gasteiger charge is 2.05. The monoisotopic (exact) mass is 251 g/mol. The number of hydrogen-bond donors (Lipinski definition) is 1. The number of rotatable bonds is 6. The SMILES string of the molecule is Cc1ccc2oc(SCCCCCO)nc2c1. The molecule has 1 N–H and O–H groups in total. The number of hydrogen-bond acceptors (Lipinski definition) is 4. The van der Waals surface area contributed by atoms with E-state index in [0.29, 0.717) is 0 Å². The normalized spacial score (nSPS) is 11.2. The van der Waals surface area contributed by atoms with Crippen LogP contribution in [0, 0.1) is 6.92 Å². The van der Waals surface area contributed by atoms with Crippen molar-refractivity contribution in [2.45, 2.75) is 31.4 Å². The molecule has 1 aromatic carbocycles. The molecule has 0 amide bonds. The number of aryl methyl sites for hydroxylation is 1. The number of aliphatic hydroxyl groups is 1. The van der Waals surface area contributed by atoms with Gasteiger partial charge in [-0.1, -0.05) is 24.2 Å². The van der Waals surface area contributed by atoms with Crippen LogP contribution >= 0.6 is 11.8 Å². The van der Waals surface area contributed by atoms with Crippen molar-refractivity contribution in [2.75, 3.05) is 12.4 Å². The summed E-state index contributed by atoms with van der Waals surface area (Å²) in [5.41, 5.74) is 2.99. The van der Waals surface area contributed by atoms with Gasteiger partial charge in [-0.2, -0.15) is 0 Å². The van der Waals surface area contributed by atoms with Crippen molar-refractivity contribution in [3.05, 3.63) is 23.8 Å². The maximum absolute atomic E-state index is 8.67. The lowest BCUT2D eigenvalue weighted by atomic mass is 10.2. The van der Waals surface area contributed by atoms with Gasteiger partial charge in [-0.15, -0.1) is 0 Å². The van der Waals surface area contributed by atoms with Crippen molar-refractivity contribution >= 4 is 22.9 Å². The van der Waals surface area contributed by atoms with E-state index in [-0.39, 0.29) is 6.61 Å². The highest BCUT2D eigenvalue weighted by atomic mass is 32.2. The molecule has 1 aromatic heterocycles. The second-order valence-corrected chi connectivity index (χ2v) is 5.13. The minimum Gasteiger partial charge on any atom is -0.431 e. The van der Waals surface area contributed by atoms with E-state index in [4.69, 9.17) is 9.52 Å². The van der Waals surface area contributed by atoms with Gasteiger partial charge in [0.05, 0.1) is 0 Å². The fourth-order valence-corrected chi connectivity index (χ4v) is 2.46. The number of oxazole rings is 1. The first-order valence-corrected chi connectivity index (χ1v) is 6.89. The minimum absolute atomic E-state index is 0.285. The Morgan fingerprint density at radius 1 is 1.29 bits per heavy atom. The Kier molecular flexibility index (Phi) is 4.45. The molecule has 92 valence electrons. The fraction of sp³-hybridized carbons (Fsp3) is 0.462. The molecule has 0 saturated carbocycles. The van der Waals surface area contributed by atoms with E-state index in [1.807, 2.05) is 18.2 Å². The lowest BCUT2D eigenvalue weighted by Gasteiger charge is -1.95. The number of unbranched alkanes of at least 4 members (excludes halogenated alkanes) is 2. The number of fused-ring (bicyclic) bond motifs is 1. The van der Waals surface area contributed by atoms with E-state index < -0.39 is 0 Å². The van der Waals surface area contributed by atoms with Crippen LogP contribution in [0.3, 0.4) is 0 Å². The van der Waals surface area contributed by atoms with Crippen molar-refractivity contribution in [1.29, 1.82) is 0 Å². The molecule has 0 spiro atoms. The molecule has 0 atom stereocenters. The van der Waals surface area contributed by atoms with Gasteiger partial charge < -0.3 is 9.52 Å². The Balaban J connectivity index is 1.91. The summed E-state index contributed by atoms with van der Waals surface area (Å²) in [6.45, 7) is 2.34. The van der Waals surface area contributed by atoms with Gasteiger partial charge in [0, 0.05) is 12.4 Å². The average Bonchev–Trinajstić information content (AvgIpc) is 2.70. The zero-order valence-electron chi connectivity index (χ0n) is 9.98. The molecule has 0 fully saturated rings. The Hall–Kier alpha value is -1.00. The van der Waals surface area contributed by atoms with Crippen LogP contribution in [-0.4, -0.2) is 22.5 Å². The fourth-order valence-electron chi connectivity index (χ4n) is 1.63. The van der Waals surface area contributed by atoms with E-state index in [9.17, 15) is 0 Å². The Labute approximate surface area is 105 Å². The molecule has 4 heteroatoms. The van der Waals surface area contributed by atoms with Crippen molar-refractivity contribution in [1.82, 2.24) is 4.98 Å². The first-order chi connectivity index (χ1) is 8.29. The van der Waals surface area contributed by atoms with Gasteiger partial charge in [0.25, 0.3) is 5.22 Å². The summed E-state index contributed by atoms with van der Waals surface area (Å²) in [6, 6.07) is 6.03. The summed E-state index contributed by atoms with van der Waals surface area (Å²) in [5.74, 6) is 0.992. The molecule has 2 aromatic rings. The van der Waals surface area contributed by atoms with Crippen LogP contribution in [-0.2, 0) is 0 Å². The van der Waals surface area contributed by atoms with Crippen LogP contribution in [0.4, 0.5) is 0 Å². The maximum atomic E-state index is 8.67. The molecule has 0 radical (unpaired) electrons. The molecule has 2 rings (SSSR count). The van der Waals surface area contributed by atoms with Crippen molar-refractivity contribution in [3.8, 4) is 0 Å². The third-order valence-corrected chi connectivity index (χ3v) is 3.47. The summed E-state index contributed by atoms with van der Waals surface area (Å²) in [6.07, 6.45) is 3.03. The molecule has 0 unspecified atom stereocenters. The van der Waals surface area contributed by atoms with Gasteiger partial charge in [-0.25, -0.2) is 4.98 Å². The van der Waals surface area contributed by atoms with Crippen LogP contribution < -0.4 is 0 Å². The molecular weight excluding hydrogens is 234 g/mol. The number of benzene rings is 1. The molecule has 3 nitrogen and oxygen atoms in total. The van der Waals surface area contributed by atoms with Gasteiger partial charge in [-0.3, -0.25) is 0 Å². The highest BCUT2D eigenvalue weighted by molar-refractivity contribution is 7.99. The van der Waals surface area contributed by atoms with E-state index in [2.05, 4.69) is 11.9 Å². The molecule has 0 aliphatic heterocycles. The van der Waals surface area contributed by atoms with Crippen LogP contribution in [0.5, 0.6) is 0 Å². The third kappa shape index (κ3) is 3.48. The van der Waals surface area contributed by atoms with Crippen LogP contribution in [0.2, 0.25) is 0 Å². The quantitative estimate of drug-likeness (QED) is 0.631. The second kappa shape index (κ2) is 6.07. The van der Waals surface area contributed by atoms with Gasteiger partial charge in [0.1, 0.15) is 5.52 Å². The summed E-state index contributed by atoms with van der Waals surface area (Å²) in [7, 11) is 0. The molecule has 0 saturated heterocycles.